The van der Waals surface area contributed by atoms with Gasteiger partial charge < -0.3 is 10.4 Å². The smallest absolute Gasteiger partial charge is 0.274 e. The molecule has 7 nitrogen and oxygen atoms in total. The zero-order valence-electron chi connectivity index (χ0n) is 11.4. The maximum absolute atomic E-state index is 12.3. The Hall–Kier alpha value is -3.22. The first kappa shape index (κ1) is 13.7. The van der Waals surface area contributed by atoms with Gasteiger partial charge in [0, 0.05) is 25.1 Å². The number of carbonyl (C=O) groups is 1. The van der Waals surface area contributed by atoms with Crippen LogP contribution in [0.1, 0.15) is 15.9 Å². The Bertz CT molecular complexity index is 890. The molecule has 22 heavy (non-hydrogen) atoms. The molecule has 3 heterocycles. The molecule has 1 amide bonds. The Kier molecular flexibility index (Phi) is 3.53. The quantitative estimate of drug-likeness (QED) is 0.742. The van der Waals surface area contributed by atoms with Crippen molar-refractivity contribution in [3.63, 3.8) is 0 Å². The summed E-state index contributed by atoms with van der Waals surface area (Å²) in [5, 5.41) is 12.4. The SMILES string of the molecule is O=C(NCc1cccnc1)c1c(O)nc2ccccn2c1=O. The van der Waals surface area contributed by atoms with Crippen molar-refractivity contribution in [3.05, 3.63) is 70.4 Å². The van der Waals surface area contributed by atoms with Crippen LogP contribution in [0.25, 0.3) is 5.65 Å². The minimum atomic E-state index is -0.683. The van der Waals surface area contributed by atoms with Crippen molar-refractivity contribution >= 4 is 11.6 Å². The van der Waals surface area contributed by atoms with Crippen LogP contribution in [0.2, 0.25) is 0 Å². The lowest BCUT2D eigenvalue weighted by molar-refractivity contribution is 0.0945. The van der Waals surface area contributed by atoms with Crippen LogP contribution in [0.3, 0.4) is 0 Å². The van der Waals surface area contributed by atoms with Crippen LogP contribution < -0.4 is 10.9 Å². The highest BCUT2D eigenvalue weighted by molar-refractivity contribution is 5.96. The average Bonchev–Trinajstić information content (AvgIpc) is 2.54. The molecule has 7 heteroatoms. The van der Waals surface area contributed by atoms with Gasteiger partial charge in [-0.15, -0.1) is 0 Å². The molecule has 110 valence electrons. The van der Waals surface area contributed by atoms with Crippen molar-refractivity contribution in [2.45, 2.75) is 6.54 Å². The Labute approximate surface area is 124 Å². The molecule has 0 aliphatic carbocycles. The number of nitrogens with one attached hydrogen (secondary N) is 1. The normalized spacial score (nSPS) is 10.5. The number of pyridine rings is 2. The van der Waals surface area contributed by atoms with Gasteiger partial charge in [-0.05, 0) is 23.8 Å². The minimum Gasteiger partial charge on any atom is -0.493 e. The van der Waals surface area contributed by atoms with Crippen LogP contribution >= 0.6 is 0 Å². The van der Waals surface area contributed by atoms with Crippen LogP contribution in [0, 0.1) is 0 Å². The average molecular weight is 296 g/mol. The largest absolute Gasteiger partial charge is 0.493 e. The van der Waals surface area contributed by atoms with Crippen molar-refractivity contribution < 1.29 is 9.90 Å². The number of hydrogen-bond acceptors (Lipinski definition) is 5. The fraction of sp³-hybridized carbons (Fsp3) is 0.0667. The maximum atomic E-state index is 12.3. The molecule has 0 bridgehead atoms. The fourth-order valence-corrected chi connectivity index (χ4v) is 2.05. The Balaban J connectivity index is 1.92. The zero-order valence-corrected chi connectivity index (χ0v) is 11.4. The van der Waals surface area contributed by atoms with E-state index in [1.807, 2.05) is 0 Å². The van der Waals surface area contributed by atoms with E-state index in [0.717, 1.165) is 5.56 Å². The first-order valence-corrected chi connectivity index (χ1v) is 6.54. The zero-order chi connectivity index (χ0) is 15.5. The molecule has 0 saturated heterocycles. The molecule has 0 aliphatic heterocycles. The molecular formula is C15H12N4O3. The Morgan fingerprint density at radius 3 is 2.91 bits per heavy atom. The van der Waals surface area contributed by atoms with Gasteiger partial charge in [-0.2, -0.15) is 4.98 Å². The van der Waals surface area contributed by atoms with Gasteiger partial charge in [-0.1, -0.05) is 12.1 Å². The third kappa shape index (κ3) is 2.51. The molecule has 2 N–H and O–H groups in total. The molecule has 0 spiro atoms. The topological polar surface area (TPSA) is 96.6 Å². The second-order valence-corrected chi connectivity index (χ2v) is 4.59. The number of amides is 1. The number of fused-ring (bicyclic) bond motifs is 1. The number of aromatic nitrogens is 3. The van der Waals surface area contributed by atoms with Crippen LogP contribution in [0.4, 0.5) is 0 Å². The van der Waals surface area contributed by atoms with Gasteiger partial charge in [0.15, 0.2) is 5.56 Å². The molecule has 0 atom stereocenters. The molecule has 0 radical (unpaired) electrons. The molecule has 3 aromatic rings. The Morgan fingerprint density at radius 1 is 1.27 bits per heavy atom. The summed E-state index contributed by atoms with van der Waals surface area (Å²) in [7, 11) is 0. The van der Waals surface area contributed by atoms with E-state index in [-0.39, 0.29) is 17.8 Å². The van der Waals surface area contributed by atoms with Gasteiger partial charge >= 0.3 is 0 Å². The summed E-state index contributed by atoms with van der Waals surface area (Å²) < 4.78 is 1.21. The van der Waals surface area contributed by atoms with E-state index >= 15 is 0 Å². The van der Waals surface area contributed by atoms with E-state index in [1.165, 1.54) is 10.6 Å². The molecule has 0 aliphatic rings. The van der Waals surface area contributed by atoms with E-state index < -0.39 is 17.3 Å². The molecule has 0 fully saturated rings. The second kappa shape index (κ2) is 5.65. The predicted octanol–water partition coefficient (Wildman–Crippen LogP) is 0.725. The highest BCUT2D eigenvalue weighted by atomic mass is 16.3. The molecule has 0 aromatic carbocycles. The standard InChI is InChI=1S/C15H12N4O3/c20-13(17-9-10-4-3-6-16-8-10)12-14(21)18-11-5-1-2-7-19(11)15(12)22/h1-8,21H,9H2,(H,17,20). The number of hydrogen-bond donors (Lipinski definition) is 2. The van der Waals surface area contributed by atoms with Gasteiger partial charge in [0.2, 0.25) is 5.88 Å². The number of rotatable bonds is 3. The highest BCUT2D eigenvalue weighted by Gasteiger charge is 2.19. The van der Waals surface area contributed by atoms with E-state index in [2.05, 4.69) is 15.3 Å². The highest BCUT2D eigenvalue weighted by Crippen LogP contribution is 2.11. The summed E-state index contributed by atoms with van der Waals surface area (Å²) >= 11 is 0. The number of nitrogens with zero attached hydrogens (tertiary/aromatic N) is 3. The van der Waals surface area contributed by atoms with Crippen molar-refractivity contribution in [2.75, 3.05) is 0 Å². The lowest BCUT2D eigenvalue weighted by Gasteiger charge is -2.07. The lowest BCUT2D eigenvalue weighted by atomic mass is 10.2. The number of carbonyl (C=O) groups excluding carboxylic acids is 1. The minimum absolute atomic E-state index is 0.197. The number of aromatic hydroxyl groups is 1. The Morgan fingerprint density at radius 2 is 2.14 bits per heavy atom. The summed E-state index contributed by atoms with van der Waals surface area (Å²) in [4.78, 5) is 32.2. The summed E-state index contributed by atoms with van der Waals surface area (Å²) in [6, 6.07) is 8.43. The third-order valence-electron chi connectivity index (χ3n) is 3.12. The summed E-state index contributed by atoms with van der Waals surface area (Å²) in [6.07, 6.45) is 4.71. The first-order valence-electron chi connectivity index (χ1n) is 6.54. The maximum Gasteiger partial charge on any atom is 0.274 e. The first-order chi connectivity index (χ1) is 10.7. The second-order valence-electron chi connectivity index (χ2n) is 4.59. The van der Waals surface area contributed by atoms with Gasteiger partial charge in [0.25, 0.3) is 11.5 Å². The van der Waals surface area contributed by atoms with Gasteiger partial charge in [-0.25, -0.2) is 0 Å². The lowest BCUT2D eigenvalue weighted by Crippen LogP contribution is -2.31. The summed E-state index contributed by atoms with van der Waals surface area (Å²) in [5.74, 6) is -1.27. The molecular weight excluding hydrogens is 284 g/mol. The molecule has 0 saturated carbocycles. The van der Waals surface area contributed by atoms with E-state index in [0.29, 0.717) is 0 Å². The van der Waals surface area contributed by atoms with Crippen LogP contribution in [-0.4, -0.2) is 25.4 Å². The molecule has 0 unspecified atom stereocenters. The third-order valence-corrected chi connectivity index (χ3v) is 3.12. The molecule has 3 aromatic heterocycles. The van der Waals surface area contributed by atoms with Gasteiger partial charge in [0.1, 0.15) is 5.65 Å². The summed E-state index contributed by atoms with van der Waals surface area (Å²) in [5.41, 5.74) is 0.0531. The van der Waals surface area contributed by atoms with E-state index in [9.17, 15) is 14.7 Å². The predicted molar refractivity (Wildman–Crippen MR) is 78.5 cm³/mol. The summed E-state index contributed by atoms with van der Waals surface area (Å²) in [6.45, 7) is 0.197. The van der Waals surface area contributed by atoms with Crippen molar-refractivity contribution in [1.29, 1.82) is 0 Å². The van der Waals surface area contributed by atoms with Crippen molar-refractivity contribution in [2.24, 2.45) is 0 Å². The van der Waals surface area contributed by atoms with Crippen LogP contribution in [0.5, 0.6) is 5.88 Å². The van der Waals surface area contributed by atoms with Gasteiger partial charge in [-0.3, -0.25) is 19.0 Å². The molecule has 3 rings (SSSR count). The van der Waals surface area contributed by atoms with Crippen molar-refractivity contribution in [3.8, 4) is 5.88 Å². The van der Waals surface area contributed by atoms with E-state index in [4.69, 9.17) is 0 Å². The monoisotopic (exact) mass is 296 g/mol. The van der Waals surface area contributed by atoms with Crippen LogP contribution in [-0.2, 0) is 6.54 Å². The van der Waals surface area contributed by atoms with Crippen molar-refractivity contribution in [1.82, 2.24) is 19.7 Å². The van der Waals surface area contributed by atoms with E-state index in [1.54, 1.807) is 42.7 Å². The fourth-order valence-electron chi connectivity index (χ4n) is 2.05. The van der Waals surface area contributed by atoms with Gasteiger partial charge in [0.05, 0.1) is 0 Å². The van der Waals surface area contributed by atoms with Crippen LogP contribution in [0.15, 0.2) is 53.7 Å².